The summed E-state index contributed by atoms with van der Waals surface area (Å²) in [6.07, 6.45) is 8.95. The van der Waals surface area contributed by atoms with Crippen LogP contribution in [0.25, 0.3) is 0 Å². The first-order valence-electron chi connectivity index (χ1n) is 10.1. The van der Waals surface area contributed by atoms with Gasteiger partial charge in [0.2, 0.25) is 0 Å². The molecule has 0 aliphatic heterocycles. The Labute approximate surface area is 162 Å². The number of fused-ring (bicyclic) bond motifs is 1. The van der Waals surface area contributed by atoms with Crippen LogP contribution < -0.4 is 5.32 Å². The number of rotatable bonds is 8. The third-order valence-electron chi connectivity index (χ3n) is 5.53. The van der Waals surface area contributed by atoms with E-state index in [-0.39, 0.29) is 5.91 Å². The molecule has 2 heterocycles. The van der Waals surface area contributed by atoms with Gasteiger partial charge >= 0.3 is 0 Å². The number of nitrogens with one attached hydrogen (secondary N) is 1. The Morgan fingerprint density at radius 1 is 1.33 bits per heavy atom. The third kappa shape index (κ3) is 4.56. The smallest absolute Gasteiger partial charge is 0.272 e. The monoisotopic (exact) mass is 369 g/mol. The van der Waals surface area contributed by atoms with Crippen molar-refractivity contribution < 1.29 is 4.79 Å². The lowest BCUT2D eigenvalue weighted by molar-refractivity contribution is 0.0943. The minimum Gasteiger partial charge on any atom is -0.347 e. The molecular weight excluding hydrogens is 338 g/mol. The third-order valence-corrected chi connectivity index (χ3v) is 5.53. The number of nitrogens with zero attached hydrogens (tertiary/aromatic N) is 4. The van der Waals surface area contributed by atoms with Gasteiger partial charge < -0.3 is 10.2 Å². The fraction of sp³-hybridized carbons (Fsp3) is 0.571. The average Bonchev–Trinajstić information content (AvgIpc) is 3.09. The van der Waals surface area contributed by atoms with Crippen molar-refractivity contribution in [2.45, 2.75) is 65.1 Å². The minimum atomic E-state index is -0.0767. The molecule has 0 bridgehead atoms. The highest BCUT2D eigenvalue weighted by Gasteiger charge is 2.30. The molecule has 1 atom stereocenters. The van der Waals surface area contributed by atoms with Crippen molar-refractivity contribution in [1.29, 1.82) is 0 Å². The molecule has 0 saturated carbocycles. The van der Waals surface area contributed by atoms with E-state index in [0.29, 0.717) is 18.3 Å². The van der Waals surface area contributed by atoms with Crippen LogP contribution in [0.15, 0.2) is 24.5 Å². The molecule has 0 saturated heterocycles. The first kappa shape index (κ1) is 19.5. The first-order chi connectivity index (χ1) is 13.1. The molecule has 27 heavy (non-hydrogen) atoms. The zero-order valence-electron chi connectivity index (χ0n) is 16.7. The second-order valence-electron chi connectivity index (χ2n) is 7.36. The van der Waals surface area contributed by atoms with Gasteiger partial charge in [-0.25, -0.2) is 0 Å². The Balaban J connectivity index is 1.74. The van der Waals surface area contributed by atoms with E-state index in [0.717, 1.165) is 43.5 Å². The van der Waals surface area contributed by atoms with Crippen molar-refractivity contribution in [2.24, 2.45) is 0 Å². The molecule has 1 aliphatic carbocycles. The van der Waals surface area contributed by atoms with Crippen molar-refractivity contribution in [3.63, 3.8) is 0 Å². The number of amides is 1. The Bertz CT molecular complexity index is 755. The van der Waals surface area contributed by atoms with Crippen LogP contribution in [0.4, 0.5) is 0 Å². The van der Waals surface area contributed by atoms with Crippen molar-refractivity contribution in [3.05, 3.63) is 47.0 Å². The van der Waals surface area contributed by atoms with E-state index in [1.165, 1.54) is 18.5 Å². The molecule has 0 fully saturated rings. The number of aryl methyl sites for hydroxylation is 1. The minimum absolute atomic E-state index is 0.0767. The van der Waals surface area contributed by atoms with Crippen molar-refractivity contribution in [3.8, 4) is 0 Å². The van der Waals surface area contributed by atoms with Gasteiger partial charge in [-0.2, -0.15) is 5.10 Å². The predicted molar refractivity (Wildman–Crippen MR) is 107 cm³/mol. The fourth-order valence-electron chi connectivity index (χ4n) is 3.85. The van der Waals surface area contributed by atoms with Gasteiger partial charge in [-0.15, -0.1) is 0 Å². The standard InChI is InChI=1S/C21H31N5O/c1-4-6-13-25(3)17-7-8-19-18(14-17)20(24-26(19)5-2)21(27)23-15-16-9-11-22-12-10-16/h9-12,17H,4-8,13-15H2,1-3H3,(H,23,27). The molecular formula is C21H31N5O. The summed E-state index contributed by atoms with van der Waals surface area (Å²) in [5, 5.41) is 7.68. The Hall–Kier alpha value is -2.21. The van der Waals surface area contributed by atoms with Crippen LogP contribution in [0, 0.1) is 0 Å². The molecule has 1 amide bonds. The highest BCUT2D eigenvalue weighted by molar-refractivity contribution is 5.94. The van der Waals surface area contributed by atoms with Crippen molar-refractivity contribution in [2.75, 3.05) is 13.6 Å². The number of aromatic nitrogens is 3. The average molecular weight is 370 g/mol. The molecule has 0 aromatic carbocycles. The normalized spacial score (nSPS) is 16.4. The summed E-state index contributed by atoms with van der Waals surface area (Å²) in [5.41, 5.74) is 4.03. The summed E-state index contributed by atoms with van der Waals surface area (Å²) in [4.78, 5) is 19.3. The van der Waals surface area contributed by atoms with Gasteiger partial charge in [-0.05, 0) is 63.9 Å². The molecule has 6 heteroatoms. The van der Waals surface area contributed by atoms with Crippen molar-refractivity contribution >= 4 is 5.91 Å². The SMILES string of the molecule is CCCCN(C)C1CCc2c(c(C(=O)NCc3ccncc3)nn2CC)C1. The van der Waals surface area contributed by atoms with E-state index in [9.17, 15) is 4.79 Å². The zero-order valence-corrected chi connectivity index (χ0v) is 16.7. The fourth-order valence-corrected chi connectivity index (χ4v) is 3.85. The second-order valence-corrected chi connectivity index (χ2v) is 7.36. The summed E-state index contributed by atoms with van der Waals surface area (Å²) in [6.45, 7) is 6.72. The van der Waals surface area contributed by atoms with Gasteiger partial charge in [0.25, 0.3) is 5.91 Å². The molecule has 146 valence electrons. The maximum atomic E-state index is 12.9. The Kier molecular flexibility index (Phi) is 6.61. The van der Waals surface area contributed by atoms with E-state index in [2.05, 4.69) is 41.2 Å². The van der Waals surface area contributed by atoms with Crippen LogP contribution in [0.3, 0.4) is 0 Å². The number of pyridine rings is 1. The summed E-state index contributed by atoms with van der Waals surface area (Å²) < 4.78 is 2.01. The van der Waals surface area contributed by atoms with Crippen LogP contribution in [0.1, 0.15) is 60.4 Å². The molecule has 1 aliphatic rings. The lowest BCUT2D eigenvalue weighted by Gasteiger charge is -2.31. The first-order valence-corrected chi connectivity index (χ1v) is 10.1. The molecule has 6 nitrogen and oxygen atoms in total. The van der Waals surface area contributed by atoms with Gasteiger partial charge in [0.15, 0.2) is 5.69 Å². The number of hydrogen-bond acceptors (Lipinski definition) is 4. The Morgan fingerprint density at radius 2 is 2.11 bits per heavy atom. The highest BCUT2D eigenvalue weighted by Crippen LogP contribution is 2.27. The van der Waals surface area contributed by atoms with Crippen LogP contribution in [-0.4, -0.2) is 45.2 Å². The molecule has 2 aromatic heterocycles. The summed E-state index contributed by atoms with van der Waals surface area (Å²) in [6, 6.07) is 4.32. The topological polar surface area (TPSA) is 63.1 Å². The van der Waals surface area contributed by atoms with Crippen molar-refractivity contribution in [1.82, 2.24) is 25.0 Å². The lowest BCUT2D eigenvalue weighted by Crippen LogP contribution is -2.38. The van der Waals surface area contributed by atoms with Gasteiger partial charge in [0.1, 0.15) is 0 Å². The molecule has 0 radical (unpaired) electrons. The van der Waals surface area contributed by atoms with Gasteiger partial charge in [-0.3, -0.25) is 14.5 Å². The van der Waals surface area contributed by atoms with Crippen LogP contribution >= 0.6 is 0 Å². The van der Waals surface area contributed by atoms with E-state index in [4.69, 9.17) is 0 Å². The number of carbonyl (C=O) groups is 1. The van der Waals surface area contributed by atoms with E-state index < -0.39 is 0 Å². The molecule has 2 aromatic rings. The maximum absolute atomic E-state index is 12.9. The molecule has 1 unspecified atom stereocenters. The molecule has 0 spiro atoms. The summed E-state index contributed by atoms with van der Waals surface area (Å²) in [7, 11) is 2.21. The van der Waals surface area contributed by atoms with Gasteiger partial charge in [-0.1, -0.05) is 13.3 Å². The largest absolute Gasteiger partial charge is 0.347 e. The van der Waals surface area contributed by atoms with Gasteiger partial charge in [0, 0.05) is 42.8 Å². The second kappa shape index (κ2) is 9.13. The quantitative estimate of drug-likeness (QED) is 0.777. The zero-order chi connectivity index (χ0) is 19.2. The highest BCUT2D eigenvalue weighted by atomic mass is 16.1. The number of hydrogen-bond donors (Lipinski definition) is 1. The van der Waals surface area contributed by atoms with E-state index >= 15 is 0 Å². The summed E-state index contributed by atoms with van der Waals surface area (Å²) >= 11 is 0. The number of unbranched alkanes of at least 4 members (excludes halogenated alkanes) is 1. The lowest BCUT2D eigenvalue weighted by atomic mass is 9.90. The van der Waals surface area contributed by atoms with Crippen LogP contribution in [-0.2, 0) is 25.9 Å². The van der Waals surface area contributed by atoms with E-state index in [1.54, 1.807) is 12.4 Å². The summed E-state index contributed by atoms with van der Waals surface area (Å²) in [5.74, 6) is -0.0767. The number of likely N-dealkylation sites (N-methyl/N-ethyl adjacent to an activating group) is 1. The Morgan fingerprint density at radius 3 is 2.81 bits per heavy atom. The van der Waals surface area contributed by atoms with Crippen LogP contribution in [0.5, 0.6) is 0 Å². The molecule has 3 rings (SSSR count). The van der Waals surface area contributed by atoms with E-state index in [1.807, 2.05) is 16.8 Å². The maximum Gasteiger partial charge on any atom is 0.272 e. The predicted octanol–water partition coefficient (Wildman–Crippen LogP) is 2.82. The molecule has 1 N–H and O–H groups in total. The van der Waals surface area contributed by atoms with Gasteiger partial charge in [0.05, 0.1) is 0 Å². The van der Waals surface area contributed by atoms with Crippen LogP contribution in [0.2, 0.25) is 0 Å². The number of carbonyl (C=O) groups excluding carboxylic acids is 1.